The van der Waals surface area contributed by atoms with E-state index in [4.69, 9.17) is 10.7 Å². The van der Waals surface area contributed by atoms with Crippen LogP contribution in [0.5, 0.6) is 0 Å². The van der Waals surface area contributed by atoms with Gasteiger partial charge in [-0.15, -0.1) is 0 Å². The number of carbonyl (C=O) groups excluding carboxylic acids is 1. The number of rotatable bonds is 4. The minimum atomic E-state index is -3.70. The lowest BCUT2D eigenvalue weighted by molar-refractivity contribution is -0.121. The van der Waals surface area contributed by atoms with Gasteiger partial charge in [0.2, 0.25) is 5.91 Å². The Morgan fingerprint density at radius 1 is 1.21 bits per heavy atom. The van der Waals surface area contributed by atoms with E-state index in [1.54, 1.807) is 12.1 Å². The predicted octanol–water partition coefficient (Wildman–Crippen LogP) is 2.22. The Balaban J connectivity index is 1.93. The summed E-state index contributed by atoms with van der Waals surface area (Å²) in [6.07, 6.45) is 4.71. The van der Waals surface area contributed by atoms with Crippen LogP contribution in [-0.4, -0.2) is 20.4 Å². The lowest BCUT2D eigenvalue weighted by atomic mass is 10.1. The van der Waals surface area contributed by atoms with Gasteiger partial charge in [-0.2, -0.15) is 0 Å². The summed E-state index contributed by atoms with van der Waals surface area (Å²) < 4.78 is 22.2. The zero-order chi connectivity index (χ0) is 13.9. The van der Waals surface area contributed by atoms with Gasteiger partial charge in [-0.25, -0.2) is 8.42 Å². The Labute approximate surface area is 117 Å². The monoisotopic (exact) mass is 301 g/mol. The lowest BCUT2D eigenvalue weighted by Crippen LogP contribution is -2.33. The van der Waals surface area contributed by atoms with Gasteiger partial charge in [0.1, 0.15) is 0 Å². The summed E-state index contributed by atoms with van der Waals surface area (Å²) >= 11 is 0. The highest BCUT2D eigenvalue weighted by Crippen LogP contribution is 2.18. The Morgan fingerprint density at radius 2 is 1.79 bits per heavy atom. The van der Waals surface area contributed by atoms with E-state index in [1.807, 2.05) is 0 Å². The van der Waals surface area contributed by atoms with E-state index in [9.17, 15) is 13.2 Å². The molecule has 0 saturated heterocycles. The first-order chi connectivity index (χ1) is 8.95. The average molecular weight is 302 g/mol. The number of nitrogens with one attached hydrogen (secondary N) is 1. The fraction of sp³-hybridized carbons (Fsp3) is 0.462. The van der Waals surface area contributed by atoms with Gasteiger partial charge in [0.05, 0.1) is 11.3 Å². The van der Waals surface area contributed by atoms with Crippen LogP contribution < -0.4 is 5.32 Å². The molecule has 0 unspecified atom stereocenters. The summed E-state index contributed by atoms with van der Waals surface area (Å²) in [6.45, 7) is 0. The molecule has 1 aliphatic rings. The van der Waals surface area contributed by atoms with Crippen LogP contribution in [0.3, 0.4) is 0 Å². The molecule has 1 N–H and O–H groups in total. The van der Waals surface area contributed by atoms with Gasteiger partial charge in [-0.1, -0.05) is 25.0 Å². The van der Waals surface area contributed by atoms with Gasteiger partial charge in [0.25, 0.3) is 9.05 Å². The molecular formula is C13H16ClNO3S. The van der Waals surface area contributed by atoms with Crippen LogP contribution in [0.4, 0.5) is 0 Å². The Kier molecular flexibility index (Phi) is 4.47. The number of hydrogen-bond acceptors (Lipinski definition) is 3. The molecule has 0 spiro atoms. The molecule has 19 heavy (non-hydrogen) atoms. The van der Waals surface area contributed by atoms with Crippen molar-refractivity contribution in [2.24, 2.45) is 0 Å². The molecule has 0 radical (unpaired) electrons. The van der Waals surface area contributed by atoms with Crippen molar-refractivity contribution < 1.29 is 13.2 Å². The third-order valence-corrected chi connectivity index (χ3v) is 4.66. The fourth-order valence-electron chi connectivity index (χ4n) is 2.30. The minimum Gasteiger partial charge on any atom is -0.353 e. The van der Waals surface area contributed by atoms with Crippen molar-refractivity contribution in [3.8, 4) is 0 Å². The smallest absolute Gasteiger partial charge is 0.261 e. The van der Waals surface area contributed by atoms with Crippen LogP contribution in [-0.2, 0) is 20.3 Å². The Morgan fingerprint density at radius 3 is 2.32 bits per heavy atom. The van der Waals surface area contributed by atoms with Crippen molar-refractivity contribution in [2.45, 2.75) is 43.0 Å². The van der Waals surface area contributed by atoms with Crippen LogP contribution in [0.25, 0.3) is 0 Å². The summed E-state index contributed by atoms with van der Waals surface area (Å²) in [7, 11) is 1.53. The molecule has 1 aromatic rings. The quantitative estimate of drug-likeness (QED) is 0.867. The van der Waals surface area contributed by atoms with Crippen molar-refractivity contribution in [3.63, 3.8) is 0 Å². The van der Waals surface area contributed by atoms with E-state index >= 15 is 0 Å². The zero-order valence-electron chi connectivity index (χ0n) is 10.4. The van der Waals surface area contributed by atoms with E-state index in [0.717, 1.165) is 18.4 Å². The first-order valence-electron chi connectivity index (χ1n) is 6.28. The SMILES string of the molecule is O=C(Cc1ccc(S(=O)(=O)Cl)cc1)NC1CCCC1. The van der Waals surface area contributed by atoms with Gasteiger partial charge in [0, 0.05) is 16.7 Å². The molecule has 1 aliphatic carbocycles. The van der Waals surface area contributed by atoms with Crippen LogP contribution in [0, 0.1) is 0 Å². The van der Waals surface area contributed by atoms with Gasteiger partial charge in [-0.3, -0.25) is 4.79 Å². The number of benzene rings is 1. The Hall–Kier alpha value is -1.07. The predicted molar refractivity (Wildman–Crippen MR) is 73.6 cm³/mol. The second-order valence-corrected chi connectivity index (χ2v) is 7.37. The second kappa shape index (κ2) is 5.92. The third-order valence-electron chi connectivity index (χ3n) is 3.29. The second-order valence-electron chi connectivity index (χ2n) is 4.81. The summed E-state index contributed by atoms with van der Waals surface area (Å²) in [6, 6.07) is 6.36. The maximum Gasteiger partial charge on any atom is 0.261 e. The van der Waals surface area contributed by atoms with Crippen molar-refractivity contribution in [1.82, 2.24) is 5.32 Å². The lowest BCUT2D eigenvalue weighted by Gasteiger charge is -2.11. The fourth-order valence-corrected chi connectivity index (χ4v) is 3.07. The van der Waals surface area contributed by atoms with Crippen molar-refractivity contribution in [3.05, 3.63) is 29.8 Å². The number of amides is 1. The van der Waals surface area contributed by atoms with E-state index < -0.39 is 9.05 Å². The number of hydrogen-bond donors (Lipinski definition) is 1. The summed E-state index contributed by atoms with van der Waals surface area (Å²) in [5, 5.41) is 2.99. The molecule has 1 fully saturated rings. The van der Waals surface area contributed by atoms with Crippen molar-refractivity contribution >= 4 is 25.6 Å². The molecule has 0 atom stereocenters. The highest BCUT2D eigenvalue weighted by molar-refractivity contribution is 8.13. The normalized spacial score (nSPS) is 16.5. The van der Waals surface area contributed by atoms with Crippen LogP contribution in [0.2, 0.25) is 0 Å². The summed E-state index contributed by atoms with van der Waals surface area (Å²) in [5.41, 5.74) is 0.777. The van der Waals surface area contributed by atoms with Gasteiger partial charge in [-0.05, 0) is 30.5 Å². The van der Waals surface area contributed by atoms with E-state index in [2.05, 4.69) is 5.32 Å². The maximum absolute atomic E-state index is 11.8. The molecule has 1 amide bonds. The molecule has 0 bridgehead atoms. The van der Waals surface area contributed by atoms with Gasteiger partial charge in [0.15, 0.2) is 0 Å². The molecular weight excluding hydrogens is 286 g/mol. The first-order valence-corrected chi connectivity index (χ1v) is 8.59. The number of halogens is 1. The zero-order valence-corrected chi connectivity index (χ0v) is 12.0. The molecule has 0 heterocycles. The topological polar surface area (TPSA) is 63.2 Å². The van der Waals surface area contributed by atoms with E-state index in [1.165, 1.54) is 25.0 Å². The van der Waals surface area contributed by atoms with Crippen molar-refractivity contribution in [2.75, 3.05) is 0 Å². The van der Waals surface area contributed by atoms with Crippen molar-refractivity contribution in [1.29, 1.82) is 0 Å². The van der Waals surface area contributed by atoms with Gasteiger partial charge >= 0.3 is 0 Å². The van der Waals surface area contributed by atoms with Gasteiger partial charge < -0.3 is 5.32 Å². The summed E-state index contributed by atoms with van der Waals surface area (Å²) in [4.78, 5) is 11.8. The molecule has 104 valence electrons. The minimum absolute atomic E-state index is 0.0200. The largest absolute Gasteiger partial charge is 0.353 e. The Bertz CT molecular complexity index is 548. The van der Waals surface area contributed by atoms with Crippen LogP contribution in [0.1, 0.15) is 31.2 Å². The van der Waals surface area contributed by atoms with E-state index in [0.29, 0.717) is 6.04 Å². The molecule has 1 saturated carbocycles. The molecule has 0 aromatic heterocycles. The first kappa shape index (κ1) is 14.3. The molecule has 4 nitrogen and oxygen atoms in total. The van der Waals surface area contributed by atoms with E-state index in [-0.39, 0.29) is 17.2 Å². The van der Waals surface area contributed by atoms with Crippen LogP contribution >= 0.6 is 10.7 Å². The highest BCUT2D eigenvalue weighted by Gasteiger charge is 2.17. The standard InChI is InChI=1S/C13H16ClNO3S/c14-19(17,18)12-7-5-10(6-8-12)9-13(16)15-11-3-1-2-4-11/h5-8,11H,1-4,9H2,(H,15,16). The van der Waals surface area contributed by atoms with Crippen LogP contribution in [0.15, 0.2) is 29.2 Å². The molecule has 6 heteroatoms. The molecule has 1 aromatic carbocycles. The highest BCUT2D eigenvalue weighted by atomic mass is 35.7. The maximum atomic E-state index is 11.8. The molecule has 2 rings (SSSR count). The third kappa shape index (κ3) is 4.21. The average Bonchev–Trinajstić information content (AvgIpc) is 2.81. The number of carbonyl (C=O) groups is 1. The summed E-state index contributed by atoms with van der Waals surface area (Å²) in [5.74, 6) is -0.0200. The molecule has 0 aliphatic heterocycles.